The van der Waals surface area contributed by atoms with Gasteiger partial charge in [-0.05, 0) is 54.1 Å². The standard InChI is InChI=1S/C25H32N2O2/c1-19-24-17-20-7-8-22(28)18-23(20)25(19,21-5-3-2-4-6-21)9-10-27(24)12-11-26-13-15-29-16-14-26/h2-8,18-19,24,28H,9-17H2,1H3. The van der Waals surface area contributed by atoms with Crippen LogP contribution in [0.4, 0.5) is 0 Å². The van der Waals surface area contributed by atoms with Crippen LogP contribution < -0.4 is 0 Å². The maximum atomic E-state index is 10.3. The van der Waals surface area contributed by atoms with Gasteiger partial charge >= 0.3 is 0 Å². The molecule has 2 aromatic carbocycles. The second-order valence-corrected chi connectivity index (χ2v) is 8.98. The van der Waals surface area contributed by atoms with Gasteiger partial charge in [0.15, 0.2) is 0 Å². The SMILES string of the molecule is CC1C2Cc3ccc(O)cc3C1(c1ccccc1)CCN2CCN1CCOCC1. The van der Waals surface area contributed by atoms with E-state index in [1.165, 1.54) is 16.7 Å². The minimum Gasteiger partial charge on any atom is -0.508 e. The van der Waals surface area contributed by atoms with E-state index in [0.717, 1.165) is 58.8 Å². The number of ether oxygens (including phenoxy) is 1. The summed E-state index contributed by atoms with van der Waals surface area (Å²) in [6, 6.07) is 17.6. The van der Waals surface area contributed by atoms with Gasteiger partial charge in [-0.3, -0.25) is 9.80 Å². The van der Waals surface area contributed by atoms with Crippen molar-refractivity contribution in [2.24, 2.45) is 5.92 Å². The Hall–Kier alpha value is -1.88. The number of phenolic OH excluding ortho intramolecular Hbond substituents is 1. The quantitative estimate of drug-likeness (QED) is 0.866. The van der Waals surface area contributed by atoms with Crippen LogP contribution in [0, 0.1) is 5.92 Å². The molecule has 1 aliphatic carbocycles. The fraction of sp³-hybridized carbons (Fsp3) is 0.520. The largest absolute Gasteiger partial charge is 0.508 e. The lowest BCUT2D eigenvalue weighted by atomic mass is 9.55. The number of hydrogen-bond donors (Lipinski definition) is 1. The van der Waals surface area contributed by atoms with Crippen molar-refractivity contribution in [2.75, 3.05) is 45.9 Å². The van der Waals surface area contributed by atoms with Crippen molar-refractivity contribution in [3.05, 3.63) is 65.2 Å². The summed E-state index contributed by atoms with van der Waals surface area (Å²) < 4.78 is 5.51. The number of aromatic hydroxyl groups is 1. The third kappa shape index (κ3) is 3.27. The Morgan fingerprint density at radius 1 is 1.03 bits per heavy atom. The topological polar surface area (TPSA) is 35.9 Å². The van der Waals surface area contributed by atoms with Crippen LogP contribution in [0.25, 0.3) is 0 Å². The van der Waals surface area contributed by atoms with Crippen molar-refractivity contribution >= 4 is 0 Å². The van der Waals surface area contributed by atoms with Crippen molar-refractivity contribution in [3.63, 3.8) is 0 Å². The van der Waals surface area contributed by atoms with Gasteiger partial charge in [0.25, 0.3) is 0 Å². The van der Waals surface area contributed by atoms with Crippen LogP contribution in [0.5, 0.6) is 5.75 Å². The molecular weight excluding hydrogens is 360 g/mol. The first-order chi connectivity index (χ1) is 14.2. The lowest BCUT2D eigenvalue weighted by Gasteiger charge is -2.56. The molecule has 2 heterocycles. The second kappa shape index (κ2) is 7.75. The summed E-state index contributed by atoms with van der Waals surface area (Å²) in [7, 11) is 0. The van der Waals surface area contributed by atoms with Crippen molar-refractivity contribution < 1.29 is 9.84 Å². The molecule has 1 N–H and O–H groups in total. The Kier molecular flexibility index (Phi) is 5.10. The van der Waals surface area contributed by atoms with Gasteiger partial charge in [-0.1, -0.05) is 43.3 Å². The summed E-state index contributed by atoms with van der Waals surface area (Å²) in [6.45, 7) is 9.67. The van der Waals surface area contributed by atoms with Crippen LogP contribution in [0.1, 0.15) is 30.0 Å². The average Bonchev–Trinajstić information content (AvgIpc) is 2.76. The monoisotopic (exact) mass is 392 g/mol. The molecule has 4 nitrogen and oxygen atoms in total. The molecule has 2 bridgehead atoms. The predicted octanol–water partition coefficient (Wildman–Crippen LogP) is 3.28. The van der Waals surface area contributed by atoms with Crippen molar-refractivity contribution in [1.29, 1.82) is 0 Å². The highest BCUT2D eigenvalue weighted by atomic mass is 16.5. The van der Waals surface area contributed by atoms with E-state index in [9.17, 15) is 5.11 Å². The first-order valence-corrected chi connectivity index (χ1v) is 11.1. The number of fused-ring (bicyclic) bond motifs is 4. The molecular formula is C25H32N2O2. The zero-order valence-electron chi connectivity index (χ0n) is 17.4. The lowest BCUT2D eigenvalue weighted by molar-refractivity contribution is 0.00960. The van der Waals surface area contributed by atoms with E-state index in [4.69, 9.17) is 4.74 Å². The maximum Gasteiger partial charge on any atom is 0.115 e. The highest BCUT2D eigenvalue weighted by molar-refractivity contribution is 5.51. The van der Waals surface area contributed by atoms with E-state index in [-0.39, 0.29) is 5.41 Å². The van der Waals surface area contributed by atoms with E-state index >= 15 is 0 Å². The Bertz CT molecular complexity index is 849. The molecule has 0 spiro atoms. The smallest absolute Gasteiger partial charge is 0.115 e. The van der Waals surface area contributed by atoms with Crippen LogP contribution in [0.2, 0.25) is 0 Å². The molecule has 0 radical (unpaired) electrons. The summed E-state index contributed by atoms with van der Waals surface area (Å²) >= 11 is 0. The third-order valence-electron chi connectivity index (χ3n) is 7.72. The van der Waals surface area contributed by atoms with Gasteiger partial charge in [-0.15, -0.1) is 0 Å². The molecule has 3 aliphatic rings. The minimum absolute atomic E-state index is 0.00624. The normalized spacial score (nSPS) is 30.1. The Labute approximate surface area is 174 Å². The molecule has 0 aromatic heterocycles. The summed E-state index contributed by atoms with van der Waals surface area (Å²) in [5.41, 5.74) is 4.15. The number of phenols is 1. The molecule has 2 fully saturated rings. The Balaban J connectivity index is 1.47. The number of benzene rings is 2. The van der Waals surface area contributed by atoms with Crippen LogP contribution in [-0.4, -0.2) is 66.9 Å². The first kappa shape index (κ1) is 19.1. The van der Waals surface area contributed by atoms with E-state index in [0.29, 0.717) is 17.7 Å². The molecule has 0 amide bonds. The van der Waals surface area contributed by atoms with Gasteiger partial charge in [-0.25, -0.2) is 0 Å². The number of rotatable bonds is 4. The Morgan fingerprint density at radius 2 is 1.83 bits per heavy atom. The molecule has 2 aromatic rings. The molecule has 4 heteroatoms. The zero-order chi connectivity index (χ0) is 19.8. The lowest BCUT2D eigenvalue weighted by Crippen LogP contribution is -2.60. The number of hydrogen-bond acceptors (Lipinski definition) is 4. The summed E-state index contributed by atoms with van der Waals surface area (Å²) in [5, 5.41) is 10.3. The van der Waals surface area contributed by atoms with Gasteiger partial charge in [0.05, 0.1) is 13.2 Å². The molecule has 2 saturated heterocycles. The van der Waals surface area contributed by atoms with Gasteiger partial charge in [0, 0.05) is 37.6 Å². The summed E-state index contributed by atoms with van der Waals surface area (Å²) in [6.07, 6.45) is 2.18. The zero-order valence-corrected chi connectivity index (χ0v) is 17.4. The van der Waals surface area contributed by atoms with Crippen LogP contribution in [0.3, 0.4) is 0 Å². The van der Waals surface area contributed by atoms with Gasteiger partial charge < -0.3 is 9.84 Å². The second-order valence-electron chi connectivity index (χ2n) is 8.98. The number of nitrogens with zero attached hydrogens (tertiary/aromatic N) is 2. The first-order valence-electron chi connectivity index (χ1n) is 11.1. The highest BCUT2D eigenvalue weighted by Crippen LogP contribution is 2.53. The third-order valence-corrected chi connectivity index (χ3v) is 7.72. The van der Waals surface area contributed by atoms with Gasteiger partial charge in [-0.2, -0.15) is 0 Å². The Morgan fingerprint density at radius 3 is 2.62 bits per heavy atom. The molecule has 2 aliphatic heterocycles. The van der Waals surface area contributed by atoms with E-state index in [1.807, 2.05) is 12.1 Å². The average molecular weight is 393 g/mol. The fourth-order valence-electron chi connectivity index (χ4n) is 6.10. The highest BCUT2D eigenvalue weighted by Gasteiger charge is 2.52. The molecule has 3 unspecified atom stereocenters. The molecule has 0 saturated carbocycles. The van der Waals surface area contributed by atoms with E-state index < -0.39 is 0 Å². The van der Waals surface area contributed by atoms with Gasteiger partial charge in [0.1, 0.15) is 5.75 Å². The number of piperidine rings is 1. The van der Waals surface area contributed by atoms with Crippen molar-refractivity contribution in [1.82, 2.24) is 9.80 Å². The maximum absolute atomic E-state index is 10.3. The van der Waals surface area contributed by atoms with Crippen LogP contribution in [0.15, 0.2) is 48.5 Å². The predicted molar refractivity (Wildman–Crippen MR) is 115 cm³/mol. The fourth-order valence-corrected chi connectivity index (χ4v) is 6.10. The van der Waals surface area contributed by atoms with Gasteiger partial charge in [0.2, 0.25) is 0 Å². The van der Waals surface area contributed by atoms with E-state index in [1.54, 1.807) is 0 Å². The summed E-state index contributed by atoms with van der Waals surface area (Å²) in [4.78, 5) is 5.28. The van der Waals surface area contributed by atoms with Crippen molar-refractivity contribution in [2.45, 2.75) is 31.2 Å². The molecule has 5 rings (SSSR count). The van der Waals surface area contributed by atoms with Crippen LogP contribution >= 0.6 is 0 Å². The molecule has 29 heavy (non-hydrogen) atoms. The van der Waals surface area contributed by atoms with Crippen molar-refractivity contribution in [3.8, 4) is 5.75 Å². The number of likely N-dealkylation sites (tertiary alicyclic amines) is 1. The van der Waals surface area contributed by atoms with E-state index in [2.05, 4.69) is 53.1 Å². The minimum atomic E-state index is -0.00624. The molecule has 3 atom stereocenters. The summed E-state index contributed by atoms with van der Waals surface area (Å²) in [5.74, 6) is 0.900. The number of morpholine rings is 1. The molecule has 154 valence electrons. The van der Waals surface area contributed by atoms with Crippen LogP contribution in [-0.2, 0) is 16.6 Å².